The van der Waals surface area contributed by atoms with Crippen molar-refractivity contribution in [3.63, 3.8) is 0 Å². The molecule has 0 amide bonds. The first-order valence-electron chi connectivity index (χ1n) is 6.35. The third-order valence-electron chi connectivity index (χ3n) is 3.81. The van der Waals surface area contributed by atoms with Crippen molar-refractivity contribution in [2.45, 2.75) is 39.2 Å². The molecule has 116 valence electrons. The molecule has 0 saturated carbocycles. The number of rotatable bonds is 4. The van der Waals surface area contributed by atoms with Crippen LogP contribution in [-0.4, -0.2) is 34.0 Å². The molecule has 0 bridgehead atoms. The van der Waals surface area contributed by atoms with Gasteiger partial charge in [0.05, 0.1) is 5.41 Å². The van der Waals surface area contributed by atoms with E-state index in [9.17, 15) is 23.5 Å². The van der Waals surface area contributed by atoms with E-state index >= 15 is 0 Å². The summed E-state index contributed by atoms with van der Waals surface area (Å²) < 4.78 is 26.8. The number of hydrogen-bond acceptors (Lipinski definition) is 3. The minimum atomic E-state index is -2.91. The molecular weight excluding hydrogens is 282 g/mol. The first-order valence-corrected chi connectivity index (χ1v) is 6.35. The van der Waals surface area contributed by atoms with Crippen LogP contribution >= 0.6 is 0 Å². The van der Waals surface area contributed by atoms with Gasteiger partial charge in [0.1, 0.15) is 5.60 Å². The van der Waals surface area contributed by atoms with Crippen molar-refractivity contribution < 1.29 is 28.6 Å². The molecule has 0 saturated heterocycles. The maximum atomic E-state index is 13.4. The number of ketones is 1. The molecule has 1 rings (SSSR count). The van der Waals surface area contributed by atoms with Crippen molar-refractivity contribution >= 4 is 11.8 Å². The Morgan fingerprint density at radius 3 is 2.52 bits per heavy atom. The zero-order valence-electron chi connectivity index (χ0n) is 12.1. The molecule has 6 heteroatoms. The fourth-order valence-corrected chi connectivity index (χ4v) is 2.41. The van der Waals surface area contributed by atoms with E-state index < -0.39 is 35.6 Å². The Hall–Kier alpha value is -1.82. The number of carboxylic acid groups (broad SMARTS) is 1. The number of aliphatic hydroxyl groups is 1. The number of alkyl halides is 2. The number of hydrogen-bond donors (Lipinski definition) is 2. The normalized spacial score (nSPS) is 30.9. The Morgan fingerprint density at radius 1 is 1.48 bits per heavy atom. The summed E-state index contributed by atoms with van der Waals surface area (Å²) in [5.74, 6) is -1.64. The third-order valence-corrected chi connectivity index (χ3v) is 3.81. The van der Waals surface area contributed by atoms with Gasteiger partial charge in [0.25, 0.3) is 0 Å². The van der Waals surface area contributed by atoms with Gasteiger partial charge in [-0.25, -0.2) is 13.6 Å². The van der Waals surface area contributed by atoms with Crippen LogP contribution in [0.2, 0.25) is 0 Å². The molecule has 1 aliphatic carbocycles. The van der Waals surface area contributed by atoms with Gasteiger partial charge in [0, 0.05) is 12.5 Å². The Labute approximate surface area is 121 Å². The predicted octanol–water partition coefficient (Wildman–Crippen LogP) is 2.50. The Morgan fingerprint density at radius 2 is 2.05 bits per heavy atom. The standard InChI is InChI=1S/C15H18F2O4/c1-9(6-12(19)20)4-5-15(21)10(2)7-11(18)8-14(15,3)13(16)17/h4-7,13,21H,8H2,1-3H3,(H,19,20)/b5-4+,9-6-/t14-,15+/m1/s1. The lowest BCUT2D eigenvalue weighted by Gasteiger charge is -2.45. The smallest absolute Gasteiger partial charge is 0.328 e. The number of halogens is 2. The molecule has 1 aliphatic rings. The largest absolute Gasteiger partial charge is 0.478 e. The molecule has 0 aromatic rings. The molecule has 0 unspecified atom stereocenters. The molecule has 2 N–H and O–H groups in total. The van der Waals surface area contributed by atoms with E-state index in [0.717, 1.165) is 25.2 Å². The quantitative estimate of drug-likeness (QED) is 0.618. The summed E-state index contributed by atoms with van der Waals surface area (Å²) in [6.07, 6.45) is 1.04. The second-order valence-corrected chi connectivity index (χ2v) is 5.51. The van der Waals surface area contributed by atoms with Crippen LogP contribution in [0.25, 0.3) is 0 Å². The zero-order chi connectivity index (χ0) is 16.4. The summed E-state index contributed by atoms with van der Waals surface area (Å²) in [5.41, 5.74) is -3.57. The molecule has 21 heavy (non-hydrogen) atoms. The second-order valence-electron chi connectivity index (χ2n) is 5.51. The van der Waals surface area contributed by atoms with Crippen molar-refractivity contribution in [2.24, 2.45) is 5.41 Å². The highest BCUT2D eigenvalue weighted by Gasteiger charge is 2.55. The lowest BCUT2D eigenvalue weighted by Crippen LogP contribution is -2.53. The van der Waals surface area contributed by atoms with E-state index in [1.165, 1.54) is 19.9 Å². The molecule has 0 spiro atoms. The summed E-state index contributed by atoms with van der Waals surface area (Å²) in [6, 6.07) is 0. The fraction of sp³-hybridized carbons (Fsp3) is 0.467. The SMILES string of the molecule is CC1=CC(=O)C[C@](C)(C(F)F)[C@]1(O)/C=C/C(C)=C\C(=O)O. The van der Waals surface area contributed by atoms with Gasteiger partial charge in [0.2, 0.25) is 6.43 Å². The summed E-state index contributed by atoms with van der Waals surface area (Å²) in [7, 11) is 0. The van der Waals surface area contributed by atoms with Gasteiger partial charge in [0.15, 0.2) is 5.78 Å². The van der Waals surface area contributed by atoms with E-state index in [2.05, 4.69) is 0 Å². The van der Waals surface area contributed by atoms with Gasteiger partial charge in [-0.3, -0.25) is 4.79 Å². The second kappa shape index (κ2) is 5.89. The lowest BCUT2D eigenvalue weighted by atomic mass is 9.63. The van der Waals surface area contributed by atoms with Gasteiger partial charge < -0.3 is 10.2 Å². The highest BCUT2D eigenvalue weighted by atomic mass is 19.3. The van der Waals surface area contributed by atoms with Crippen LogP contribution in [0.5, 0.6) is 0 Å². The highest BCUT2D eigenvalue weighted by Crippen LogP contribution is 2.48. The Kier molecular flexibility index (Phi) is 4.83. The van der Waals surface area contributed by atoms with Crippen LogP contribution < -0.4 is 0 Å². The van der Waals surface area contributed by atoms with Crippen LogP contribution in [0.4, 0.5) is 8.78 Å². The minimum Gasteiger partial charge on any atom is -0.478 e. The van der Waals surface area contributed by atoms with Crippen molar-refractivity contribution in [3.05, 3.63) is 35.5 Å². The molecule has 2 atom stereocenters. The van der Waals surface area contributed by atoms with E-state index in [-0.39, 0.29) is 11.1 Å². The summed E-state index contributed by atoms with van der Waals surface area (Å²) in [4.78, 5) is 22.1. The zero-order valence-corrected chi connectivity index (χ0v) is 12.1. The molecule has 0 aromatic carbocycles. The van der Waals surface area contributed by atoms with Crippen LogP contribution in [0, 0.1) is 5.41 Å². The van der Waals surface area contributed by atoms with Gasteiger partial charge >= 0.3 is 5.97 Å². The minimum absolute atomic E-state index is 0.112. The van der Waals surface area contributed by atoms with Crippen LogP contribution in [0.15, 0.2) is 35.5 Å². The van der Waals surface area contributed by atoms with E-state index in [1.807, 2.05) is 0 Å². The molecule has 0 radical (unpaired) electrons. The van der Waals surface area contributed by atoms with E-state index in [4.69, 9.17) is 5.11 Å². The molecule has 0 fully saturated rings. The van der Waals surface area contributed by atoms with Gasteiger partial charge in [-0.1, -0.05) is 13.0 Å². The van der Waals surface area contributed by atoms with Crippen molar-refractivity contribution in [3.8, 4) is 0 Å². The van der Waals surface area contributed by atoms with Crippen LogP contribution in [0.3, 0.4) is 0 Å². The summed E-state index contributed by atoms with van der Waals surface area (Å²) in [5, 5.41) is 19.3. The molecule has 0 aliphatic heterocycles. The molecule has 4 nitrogen and oxygen atoms in total. The Balaban J connectivity index is 3.31. The molecular formula is C15H18F2O4. The van der Waals surface area contributed by atoms with Gasteiger partial charge in [-0.05, 0) is 37.1 Å². The number of allylic oxidation sites excluding steroid dienone is 3. The number of aliphatic carboxylic acids is 1. The molecule has 0 aromatic heterocycles. The molecule has 0 heterocycles. The maximum Gasteiger partial charge on any atom is 0.328 e. The average molecular weight is 300 g/mol. The average Bonchev–Trinajstić information content (AvgIpc) is 2.32. The lowest BCUT2D eigenvalue weighted by molar-refractivity contribution is -0.139. The van der Waals surface area contributed by atoms with Crippen molar-refractivity contribution in [1.29, 1.82) is 0 Å². The topological polar surface area (TPSA) is 74.6 Å². The van der Waals surface area contributed by atoms with Crippen LogP contribution in [0.1, 0.15) is 27.2 Å². The fourth-order valence-electron chi connectivity index (χ4n) is 2.41. The monoisotopic (exact) mass is 300 g/mol. The Bertz CT molecular complexity index is 548. The number of carboxylic acids is 1. The van der Waals surface area contributed by atoms with Gasteiger partial charge in [-0.2, -0.15) is 0 Å². The van der Waals surface area contributed by atoms with Gasteiger partial charge in [-0.15, -0.1) is 0 Å². The van der Waals surface area contributed by atoms with E-state index in [0.29, 0.717) is 0 Å². The predicted molar refractivity (Wildman–Crippen MR) is 73.0 cm³/mol. The van der Waals surface area contributed by atoms with Crippen molar-refractivity contribution in [2.75, 3.05) is 0 Å². The number of carbonyl (C=O) groups is 2. The van der Waals surface area contributed by atoms with E-state index in [1.54, 1.807) is 0 Å². The highest BCUT2D eigenvalue weighted by molar-refractivity contribution is 5.93. The van der Waals surface area contributed by atoms with Crippen LogP contribution in [-0.2, 0) is 9.59 Å². The van der Waals surface area contributed by atoms with Crippen molar-refractivity contribution in [1.82, 2.24) is 0 Å². The first-order chi connectivity index (χ1) is 9.53. The first kappa shape index (κ1) is 17.2. The number of carbonyl (C=O) groups excluding carboxylic acids is 1. The maximum absolute atomic E-state index is 13.4. The summed E-state index contributed by atoms with van der Waals surface area (Å²) >= 11 is 0. The third kappa shape index (κ3) is 3.26. The summed E-state index contributed by atoms with van der Waals surface area (Å²) in [6.45, 7) is 4.02.